The summed E-state index contributed by atoms with van der Waals surface area (Å²) in [5.74, 6) is 1.92. The Hall–Kier alpha value is -3.22. The number of nitrogens with one attached hydrogen (secondary N) is 1. The summed E-state index contributed by atoms with van der Waals surface area (Å²) in [6.07, 6.45) is 1.42. The number of anilines is 1. The topological polar surface area (TPSA) is 77.1 Å². The molecular formula is C20H20N2O5. The first-order valence-corrected chi connectivity index (χ1v) is 8.92. The van der Waals surface area contributed by atoms with E-state index in [2.05, 4.69) is 5.32 Å². The standard InChI is InChI=1S/C20H20N2O5/c23-19-5-2-9-22(19)15-4-1-3-14(11-15)20(24)21-8-10-25-16-6-7-17-18(12-16)27-13-26-17/h1,3-4,6-7,11-12H,2,5,8-10,13H2,(H,21,24). The number of ether oxygens (including phenoxy) is 3. The molecule has 2 aromatic rings. The van der Waals surface area contributed by atoms with Gasteiger partial charge in [-0.25, -0.2) is 0 Å². The minimum absolute atomic E-state index is 0.102. The van der Waals surface area contributed by atoms with Gasteiger partial charge in [0.1, 0.15) is 12.4 Å². The fourth-order valence-corrected chi connectivity index (χ4v) is 3.14. The van der Waals surface area contributed by atoms with Crippen LogP contribution in [0.25, 0.3) is 0 Å². The molecular weight excluding hydrogens is 348 g/mol. The minimum Gasteiger partial charge on any atom is -0.492 e. The third-order valence-corrected chi connectivity index (χ3v) is 4.49. The lowest BCUT2D eigenvalue weighted by Crippen LogP contribution is -2.29. The van der Waals surface area contributed by atoms with Crippen molar-refractivity contribution in [2.45, 2.75) is 12.8 Å². The molecule has 0 atom stereocenters. The summed E-state index contributed by atoms with van der Waals surface area (Å²) >= 11 is 0. The highest BCUT2D eigenvalue weighted by Gasteiger charge is 2.22. The van der Waals surface area contributed by atoms with Crippen LogP contribution in [0.5, 0.6) is 17.2 Å². The molecule has 2 aromatic carbocycles. The van der Waals surface area contributed by atoms with Crippen LogP contribution in [0.2, 0.25) is 0 Å². The highest BCUT2D eigenvalue weighted by molar-refractivity contribution is 5.99. The van der Waals surface area contributed by atoms with Crippen molar-refractivity contribution in [2.75, 3.05) is 31.4 Å². The maximum atomic E-state index is 12.4. The molecule has 7 nitrogen and oxygen atoms in total. The Bertz CT molecular complexity index is 867. The zero-order valence-corrected chi connectivity index (χ0v) is 14.8. The molecule has 140 valence electrons. The van der Waals surface area contributed by atoms with Crippen LogP contribution in [0.1, 0.15) is 23.2 Å². The van der Waals surface area contributed by atoms with Crippen LogP contribution in [0, 0.1) is 0 Å². The van der Waals surface area contributed by atoms with Crippen molar-refractivity contribution in [1.29, 1.82) is 0 Å². The van der Waals surface area contributed by atoms with Gasteiger partial charge in [0.2, 0.25) is 12.7 Å². The van der Waals surface area contributed by atoms with Gasteiger partial charge in [0.25, 0.3) is 5.91 Å². The van der Waals surface area contributed by atoms with E-state index in [-0.39, 0.29) is 18.6 Å². The van der Waals surface area contributed by atoms with E-state index in [0.29, 0.717) is 48.9 Å². The number of carbonyl (C=O) groups excluding carboxylic acids is 2. The van der Waals surface area contributed by atoms with Crippen molar-refractivity contribution in [3.63, 3.8) is 0 Å². The molecule has 0 saturated carbocycles. The lowest BCUT2D eigenvalue weighted by molar-refractivity contribution is -0.117. The van der Waals surface area contributed by atoms with Crippen molar-refractivity contribution >= 4 is 17.5 Å². The van der Waals surface area contributed by atoms with Crippen molar-refractivity contribution in [2.24, 2.45) is 0 Å². The van der Waals surface area contributed by atoms with Gasteiger partial charge in [-0.15, -0.1) is 0 Å². The number of hydrogen-bond acceptors (Lipinski definition) is 5. The van der Waals surface area contributed by atoms with Gasteiger partial charge >= 0.3 is 0 Å². The summed E-state index contributed by atoms with van der Waals surface area (Å²) in [7, 11) is 0. The normalized spacial score (nSPS) is 15.1. The number of rotatable bonds is 6. The van der Waals surface area contributed by atoms with Gasteiger partial charge in [-0.1, -0.05) is 6.07 Å². The molecule has 1 N–H and O–H groups in total. The molecule has 27 heavy (non-hydrogen) atoms. The Balaban J connectivity index is 1.29. The molecule has 0 unspecified atom stereocenters. The summed E-state index contributed by atoms with van der Waals surface area (Å²) in [5, 5.41) is 2.83. The Morgan fingerprint density at radius 2 is 2.04 bits per heavy atom. The number of nitrogens with zero attached hydrogens (tertiary/aromatic N) is 1. The highest BCUT2D eigenvalue weighted by Crippen LogP contribution is 2.35. The quantitative estimate of drug-likeness (QED) is 0.792. The lowest BCUT2D eigenvalue weighted by Gasteiger charge is -2.16. The lowest BCUT2D eigenvalue weighted by atomic mass is 10.1. The van der Waals surface area contributed by atoms with Crippen LogP contribution in [-0.2, 0) is 4.79 Å². The van der Waals surface area contributed by atoms with Gasteiger partial charge < -0.3 is 24.4 Å². The van der Waals surface area contributed by atoms with Gasteiger partial charge in [0.05, 0.1) is 6.54 Å². The third-order valence-electron chi connectivity index (χ3n) is 4.49. The first kappa shape index (κ1) is 17.2. The van der Waals surface area contributed by atoms with E-state index in [0.717, 1.165) is 12.1 Å². The smallest absolute Gasteiger partial charge is 0.251 e. The van der Waals surface area contributed by atoms with Crippen molar-refractivity contribution < 1.29 is 23.8 Å². The van der Waals surface area contributed by atoms with Gasteiger partial charge in [-0.3, -0.25) is 9.59 Å². The van der Waals surface area contributed by atoms with Crippen LogP contribution in [0.15, 0.2) is 42.5 Å². The molecule has 2 amide bonds. The Kier molecular flexibility index (Phi) is 4.82. The van der Waals surface area contributed by atoms with Crippen LogP contribution in [-0.4, -0.2) is 38.3 Å². The Morgan fingerprint density at radius 1 is 1.15 bits per heavy atom. The van der Waals surface area contributed by atoms with E-state index in [1.54, 1.807) is 41.3 Å². The van der Waals surface area contributed by atoms with E-state index >= 15 is 0 Å². The van der Waals surface area contributed by atoms with E-state index < -0.39 is 0 Å². The van der Waals surface area contributed by atoms with Gasteiger partial charge in [0, 0.05) is 30.3 Å². The Morgan fingerprint density at radius 3 is 2.89 bits per heavy atom. The second kappa shape index (κ2) is 7.57. The number of amides is 2. The SMILES string of the molecule is O=C(NCCOc1ccc2c(c1)OCO2)c1cccc(N2CCCC2=O)c1. The maximum Gasteiger partial charge on any atom is 0.251 e. The van der Waals surface area contributed by atoms with Gasteiger partial charge in [-0.05, 0) is 36.8 Å². The predicted molar refractivity (Wildman–Crippen MR) is 98.4 cm³/mol. The third kappa shape index (κ3) is 3.81. The molecule has 2 aliphatic rings. The highest BCUT2D eigenvalue weighted by atomic mass is 16.7. The average molecular weight is 368 g/mol. The summed E-state index contributed by atoms with van der Waals surface area (Å²) in [6, 6.07) is 12.5. The van der Waals surface area contributed by atoms with Crippen molar-refractivity contribution in [3.8, 4) is 17.2 Å². The van der Waals surface area contributed by atoms with E-state index in [1.807, 2.05) is 6.07 Å². The zero-order valence-electron chi connectivity index (χ0n) is 14.8. The summed E-state index contributed by atoms with van der Waals surface area (Å²) in [5.41, 5.74) is 1.29. The van der Waals surface area contributed by atoms with Crippen molar-refractivity contribution in [1.82, 2.24) is 5.32 Å². The minimum atomic E-state index is -0.196. The van der Waals surface area contributed by atoms with Crippen LogP contribution >= 0.6 is 0 Å². The molecule has 2 aliphatic heterocycles. The Labute approximate surface area is 156 Å². The molecule has 0 aliphatic carbocycles. The van der Waals surface area contributed by atoms with Crippen LogP contribution in [0.4, 0.5) is 5.69 Å². The summed E-state index contributed by atoms with van der Waals surface area (Å²) < 4.78 is 16.2. The molecule has 0 spiro atoms. The van der Waals surface area contributed by atoms with E-state index in [9.17, 15) is 9.59 Å². The van der Waals surface area contributed by atoms with Crippen LogP contribution < -0.4 is 24.4 Å². The molecule has 0 radical (unpaired) electrons. The first-order chi connectivity index (χ1) is 13.2. The number of hydrogen-bond donors (Lipinski definition) is 1. The monoisotopic (exact) mass is 368 g/mol. The molecule has 4 rings (SSSR count). The maximum absolute atomic E-state index is 12.4. The predicted octanol–water partition coefficient (Wildman–Crippen LogP) is 2.35. The number of carbonyl (C=O) groups is 2. The van der Waals surface area contributed by atoms with E-state index in [4.69, 9.17) is 14.2 Å². The first-order valence-electron chi connectivity index (χ1n) is 8.92. The molecule has 0 aromatic heterocycles. The van der Waals surface area contributed by atoms with Crippen LogP contribution in [0.3, 0.4) is 0 Å². The second-order valence-corrected chi connectivity index (χ2v) is 6.32. The van der Waals surface area contributed by atoms with E-state index in [1.165, 1.54) is 0 Å². The fourth-order valence-electron chi connectivity index (χ4n) is 3.14. The largest absolute Gasteiger partial charge is 0.492 e. The molecule has 1 saturated heterocycles. The summed E-state index contributed by atoms with van der Waals surface area (Å²) in [6.45, 7) is 1.61. The van der Waals surface area contributed by atoms with Gasteiger partial charge in [-0.2, -0.15) is 0 Å². The molecule has 0 bridgehead atoms. The van der Waals surface area contributed by atoms with Gasteiger partial charge in [0.15, 0.2) is 11.5 Å². The number of benzene rings is 2. The molecule has 2 heterocycles. The second-order valence-electron chi connectivity index (χ2n) is 6.32. The van der Waals surface area contributed by atoms with Crippen molar-refractivity contribution in [3.05, 3.63) is 48.0 Å². The zero-order chi connectivity index (χ0) is 18.6. The number of fused-ring (bicyclic) bond motifs is 1. The average Bonchev–Trinajstić information content (AvgIpc) is 3.33. The fraction of sp³-hybridized carbons (Fsp3) is 0.300. The molecule has 7 heteroatoms. The summed E-state index contributed by atoms with van der Waals surface area (Å²) in [4.78, 5) is 25.9. The molecule has 1 fully saturated rings.